The standard InChI is InChI=1S/C10H8ClN3O/c1-15-8-4-7(5-12-6-8)9-2-3-13-10(11)14-9/h2-6H,1H3. The molecule has 0 fully saturated rings. The zero-order chi connectivity index (χ0) is 10.7. The number of ether oxygens (including phenoxy) is 1. The maximum atomic E-state index is 5.69. The molecule has 5 heteroatoms. The fraction of sp³-hybridized carbons (Fsp3) is 0.100. The number of rotatable bonds is 2. The van der Waals surface area contributed by atoms with Gasteiger partial charge < -0.3 is 4.74 Å². The Hall–Kier alpha value is -1.68. The van der Waals surface area contributed by atoms with Crippen LogP contribution in [0.5, 0.6) is 5.75 Å². The highest BCUT2D eigenvalue weighted by molar-refractivity contribution is 6.28. The van der Waals surface area contributed by atoms with E-state index in [0.29, 0.717) is 5.75 Å². The highest BCUT2D eigenvalue weighted by Crippen LogP contribution is 2.20. The summed E-state index contributed by atoms with van der Waals surface area (Å²) >= 11 is 5.69. The summed E-state index contributed by atoms with van der Waals surface area (Å²) in [7, 11) is 1.59. The van der Waals surface area contributed by atoms with E-state index in [1.165, 1.54) is 0 Å². The lowest BCUT2D eigenvalue weighted by atomic mass is 10.2. The first-order valence-electron chi connectivity index (χ1n) is 4.27. The quantitative estimate of drug-likeness (QED) is 0.730. The summed E-state index contributed by atoms with van der Waals surface area (Å²) in [6, 6.07) is 3.61. The number of aromatic nitrogens is 3. The number of hydrogen-bond acceptors (Lipinski definition) is 4. The molecule has 0 radical (unpaired) electrons. The van der Waals surface area contributed by atoms with Crippen LogP contribution in [0.3, 0.4) is 0 Å². The van der Waals surface area contributed by atoms with E-state index in [1.807, 2.05) is 6.07 Å². The van der Waals surface area contributed by atoms with E-state index < -0.39 is 0 Å². The number of halogens is 1. The number of methoxy groups -OCH3 is 1. The van der Waals surface area contributed by atoms with Gasteiger partial charge in [-0.1, -0.05) is 0 Å². The van der Waals surface area contributed by atoms with Gasteiger partial charge in [0.25, 0.3) is 0 Å². The van der Waals surface area contributed by atoms with Crippen molar-refractivity contribution < 1.29 is 4.74 Å². The summed E-state index contributed by atoms with van der Waals surface area (Å²) in [6.45, 7) is 0. The third kappa shape index (κ3) is 2.22. The fourth-order valence-corrected chi connectivity index (χ4v) is 1.31. The van der Waals surface area contributed by atoms with Crippen molar-refractivity contribution in [2.45, 2.75) is 0 Å². The fourth-order valence-electron chi connectivity index (χ4n) is 1.17. The molecule has 2 heterocycles. The zero-order valence-corrected chi connectivity index (χ0v) is 8.77. The molecule has 0 N–H and O–H groups in total. The monoisotopic (exact) mass is 221 g/mol. The highest BCUT2D eigenvalue weighted by atomic mass is 35.5. The SMILES string of the molecule is COc1cncc(-c2ccnc(Cl)n2)c1. The molecule has 0 saturated carbocycles. The second-order valence-corrected chi connectivity index (χ2v) is 3.16. The van der Waals surface area contributed by atoms with Crippen molar-refractivity contribution in [2.75, 3.05) is 7.11 Å². The van der Waals surface area contributed by atoms with Crippen LogP contribution in [0.15, 0.2) is 30.7 Å². The first kappa shape index (κ1) is 9.86. The lowest BCUT2D eigenvalue weighted by Gasteiger charge is -2.02. The normalized spacial score (nSPS) is 10.0. The third-order valence-electron chi connectivity index (χ3n) is 1.87. The molecule has 0 saturated heterocycles. The molecule has 2 aromatic heterocycles. The van der Waals surface area contributed by atoms with Crippen LogP contribution in [-0.2, 0) is 0 Å². The molecule has 0 aliphatic carbocycles. The molecule has 0 spiro atoms. The summed E-state index contributed by atoms with van der Waals surface area (Å²) in [6.07, 6.45) is 4.93. The van der Waals surface area contributed by atoms with Crippen LogP contribution < -0.4 is 4.74 Å². The van der Waals surface area contributed by atoms with E-state index in [-0.39, 0.29) is 5.28 Å². The van der Waals surface area contributed by atoms with E-state index in [0.717, 1.165) is 11.3 Å². The molecule has 2 aromatic rings. The van der Waals surface area contributed by atoms with Crippen LogP contribution in [0.25, 0.3) is 11.3 Å². The van der Waals surface area contributed by atoms with Crippen molar-refractivity contribution in [3.05, 3.63) is 36.0 Å². The van der Waals surface area contributed by atoms with Gasteiger partial charge in [-0.3, -0.25) is 4.98 Å². The molecule has 0 unspecified atom stereocenters. The lowest BCUT2D eigenvalue weighted by Crippen LogP contribution is -1.89. The Morgan fingerprint density at radius 2 is 2.20 bits per heavy atom. The molecule has 0 aliphatic rings. The summed E-state index contributed by atoms with van der Waals surface area (Å²) < 4.78 is 5.07. The van der Waals surface area contributed by atoms with E-state index in [9.17, 15) is 0 Å². The first-order valence-corrected chi connectivity index (χ1v) is 4.65. The summed E-state index contributed by atoms with van der Waals surface area (Å²) in [5, 5.41) is 0.218. The topological polar surface area (TPSA) is 47.9 Å². The predicted molar refractivity (Wildman–Crippen MR) is 56.8 cm³/mol. The molecule has 0 aromatic carbocycles. The molecule has 0 bridgehead atoms. The maximum Gasteiger partial charge on any atom is 0.222 e. The van der Waals surface area contributed by atoms with Crippen LogP contribution in [-0.4, -0.2) is 22.1 Å². The van der Waals surface area contributed by atoms with E-state index >= 15 is 0 Å². The zero-order valence-electron chi connectivity index (χ0n) is 8.01. The van der Waals surface area contributed by atoms with Crippen LogP contribution in [0.1, 0.15) is 0 Å². The number of hydrogen-bond donors (Lipinski definition) is 0. The lowest BCUT2D eigenvalue weighted by molar-refractivity contribution is 0.413. The Kier molecular flexibility index (Phi) is 2.78. The van der Waals surface area contributed by atoms with Crippen LogP contribution in [0.4, 0.5) is 0 Å². The summed E-state index contributed by atoms with van der Waals surface area (Å²) in [5.74, 6) is 0.683. The van der Waals surface area contributed by atoms with Gasteiger partial charge in [0.15, 0.2) is 0 Å². The average Bonchev–Trinajstić information content (AvgIpc) is 2.29. The van der Waals surface area contributed by atoms with Crippen molar-refractivity contribution in [1.82, 2.24) is 15.0 Å². The van der Waals surface area contributed by atoms with Gasteiger partial charge in [0.2, 0.25) is 5.28 Å². The minimum absolute atomic E-state index is 0.218. The van der Waals surface area contributed by atoms with Crippen LogP contribution in [0, 0.1) is 0 Å². The average molecular weight is 222 g/mol. The van der Waals surface area contributed by atoms with Gasteiger partial charge >= 0.3 is 0 Å². The van der Waals surface area contributed by atoms with Crippen molar-refractivity contribution in [3.8, 4) is 17.0 Å². The Morgan fingerprint density at radius 3 is 2.93 bits per heavy atom. The van der Waals surface area contributed by atoms with Crippen molar-refractivity contribution >= 4 is 11.6 Å². The molecule has 0 atom stereocenters. The Morgan fingerprint density at radius 1 is 1.33 bits per heavy atom. The maximum absolute atomic E-state index is 5.69. The summed E-state index contributed by atoms with van der Waals surface area (Å²) in [5.41, 5.74) is 1.57. The minimum Gasteiger partial charge on any atom is -0.495 e. The van der Waals surface area contributed by atoms with Crippen molar-refractivity contribution in [1.29, 1.82) is 0 Å². The largest absolute Gasteiger partial charge is 0.495 e. The Bertz CT molecular complexity index is 476. The minimum atomic E-state index is 0.218. The molecule has 0 amide bonds. The third-order valence-corrected chi connectivity index (χ3v) is 2.05. The number of nitrogens with zero attached hydrogens (tertiary/aromatic N) is 3. The Balaban J connectivity index is 2.44. The molecular weight excluding hydrogens is 214 g/mol. The van der Waals surface area contributed by atoms with Crippen LogP contribution >= 0.6 is 11.6 Å². The van der Waals surface area contributed by atoms with Crippen LogP contribution in [0.2, 0.25) is 5.28 Å². The summed E-state index contributed by atoms with van der Waals surface area (Å²) in [4.78, 5) is 11.9. The van der Waals surface area contributed by atoms with Gasteiger partial charge in [-0.2, -0.15) is 0 Å². The van der Waals surface area contributed by atoms with Gasteiger partial charge in [0, 0.05) is 18.0 Å². The van der Waals surface area contributed by atoms with Gasteiger partial charge in [-0.05, 0) is 23.7 Å². The molecule has 4 nitrogen and oxygen atoms in total. The molecule has 76 valence electrons. The van der Waals surface area contributed by atoms with E-state index in [4.69, 9.17) is 16.3 Å². The van der Waals surface area contributed by atoms with Gasteiger partial charge in [0.1, 0.15) is 5.75 Å². The first-order chi connectivity index (χ1) is 7.29. The Labute approximate surface area is 91.9 Å². The van der Waals surface area contributed by atoms with Gasteiger partial charge in [-0.25, -0.2) is 9.97 Å². The van der Waals surface area contributed by atoms with Crippen molar-refractivity contribution in [2.24, 2.45) is 0 Å². The van der Waals surface area contributed by atoms with E-state index in [2.05, 4.69) is 15.0 Å². The molecule has 15 heavy (non-hydrogen) atoms. The molecule has 0 aliphatic heterocycles. The highest BCUT2D eigenvalue weighted by Gasteiger charge is 2.02. The second-order valence-electron chi connectivity index (χ2n) is 2.82. The van der Waals surface area contributed by atoms with Gasteiger partial charge in [-0.15, -0.1) is 0 Å². The van der Waals surface area contributed by atoms with Crippen molar-refractivity contribution in [3.63, 3.8) is 0 Å². The predicted octanol–water partition coefficient (Wildman–Crippen LogP) is 2.20. The molecular formula is C10H8ClN3O. The van der Waals surface area contributed by atoms with Gasteiger partial charge in [0.05, 0.1) is 19.0 Å². The van der Waals surface area contributed by atoms with E-state index in [1.54, 1.807) is 31.8 Å². The smallest absolute Gasteiger partial charge is 0.222 e. The number of pyridine rings is 1. The second kappa shape index (κ2) is 4.23. The molecule has 2 rings (SSSR count).